The van der Waals surface area contributed by atoms with Gasteiger partial charge in [-0.2, -0.15) is 0 Å². The van der Waals surface area contributed by atoms with E-state index in [9.17, 15) is 18.4 Å². The van der Waals surface area contributed by atoms with E-state index in [1.807, 2.05) is 24.3 Å². The van der Waals surface area contributed by atoms with Crippen LogP contribution in [0.2, 0.25) is 5.02 Å². The first-order valence-corrected chi connectivity index (χ1v) is 9.61. The summed E-state index contributed by atoms with van der Waals surface area (Å²) in [5.74, 6) is -2.20. The van der Waals surface area contributed by atoms with Crippen molar-refractivity contribution >= 4 is 23.4 Å². The van der Waals surface area contributed by atoms with Gasteiger partial charge in [0, 0.05) is 42.7 Å². The highest BCUT2D eigenvalue weighted by Crippen LogP contribution is 2.50. The highest BCUT2D eigenvalue weighted by molar-refractivity contribution is 6.31. The van der Waals surface area contributed by atoms with Crippen LogP contribution in [0.4, 0.5) is 8.78 Å². The van der Waals surface area contributed by atoms with E-state index in [-0.39, 0.29) is 29.2 Å². The molecule has 0 radical (unpaired) electrons. The van der Waals surface area contributed by atoms with Crippen molar-refractivity contribution in [3.05, 3.63) is 70.2 Å². The van der Waals surface area contributed by atoms with Crippen LogP contribution in [0.15, 0.2) is 42.5 Å². The Kier molecular flexibility index (Phi) is 5.06. The van der Waals surface area contributed by atoms with Crippen LogP contribution in [0.5, 0.6) is 0 Å². The van der Waals surface area contributed by atoms with Gasteiger partial charge in [0.2, 0.25) is 5.91 Å². The molecule has 2 fully saturated rings. The summed E-state index contributed by atoms with van der Waals surface area (Å²) in [6.45, 7) is 1.60. The molecule has 146 valence electrons. The number of nitrogens with zero attached hydrogens (tertiary/aromatic N) is 2. The van der Waals surface area contributed by atoms with Crippen molar-refractivity contribution < 1.29 is 18.4 Å². The summed E-state index contributed by atoms with van der Waals surface area (Å²) < 4.78 is 26.4. The molecule has 0 bridgehead atoms. The van der Waals surface area contributed by atoms with Crippen LogP contribution in [0.25, 0.3) is 0 Å². The maximum absolute atomic E-state index is 13.4. The van der Waals surface area contributed by atoms with Crippen molar-refractivity contribution in [3.63, 3.8) is 0 Å². The summed E-state index contributed by atoms with van der Waals surface area (Å²) in [6.07, 6.45) is 0.788. The molecule has 0 spiro atoms. The summed E-state index contributed by atoms with van der Waals surface area (Å²) in [5.41, 5.74) is 1.12. The Labute approximate surface area is 166 Å². The van der Waals surface area contributed by atoms with Crippen molar-refractivity contribution in [2.24, 2.45) is 5.92 Å². The topological polar surface area (TPSA) is 40.6 Å². The maximum atomic E-state index is 13.4. The largest absolute Gasteiger partial charge is 0.339 e. The number of carbonyl (C=O) groups is 2. The Morgan fingerprint density at radius 2 is 1.61 bits per heavy atom. The van der Waals surface area contributed by atoms with Gasteiger partial charge in [-0.3, -0.25) is 9.59 Å². The first-order valence-electron chi connectivity index (χ1n) is 9.23. The number of benzene rings is 2. The molecule has 0 N–H and O–H groups in total. The van der Waals surface area contributed by atoms with Gasteiger partial charge in [0.05, 0.1) is 0 Å². The Hall–Kier alpha value is -2.47. The zero-order valence-electron chi connectivity index (χ0n) is 15.1. The lowest BCUT2D eigenvalue weighted by molar-refractivity contribution is -0.134. The van der Waals surface area contributed by atoms with Crippen molar-refractivity contribution in [1.29, 1.82) is 0 Å². The minimum absolute atomic E-state index is 0.0617. The number of hydrogen-bond acceptors (Lipinski definition) is 2. The maximum Gasteiger partial charge on any atom is 0.254 e. The van der Waals surface area contributed by atoms with Crippen molar-refractivity contribution in [3.8, 4) is 0 Å². The second-order valence-corrected chi connectivity index (χ2v) is 7.62. The Bertz CT molecular complexity index is 928. The van der Waals surface area contributed by atoms with E-state index < -0.39 is 11.6 Å². The number of halogens is 3. The molecule has 1 aliphatic heterocycles. The first-order chi connectivity index (χ1) is 13.5. The number of rotatable bonds is 3. The number of hydrogen-bond donors (Lipinski definition) is 0. The highest BCUT2D eigenvalue weighted by atomic mass is 35.5. The van der Waals surface area contributed by atoms with Gasteiger partial charge >= 0.3 is 0 Å². The van der Waals surface area contributed by atoms with Crippen LogP contribution in [0.3, 0.4) is 0 Å². The monoisotopic (exact) mass is 404 g/mol. The summed E-state index contributed by atoms with van der Waals surface area (Å²) in [6, 6.07) is 10.7. The molecular formula is C21H19ClF2N2O2. The van der Waals surface area contributed by atoms with Crippen LogP contribution in [-0.2, 0) is 4.79 Å². The van der Waals surface area contributed by atoms with E-state index in [4.69, 9.17) is 11.6 Å². The van der Waals surface area contributed by atoms with E-state index >= 15 is 0 Å². The molecular weight excluding hydrogens is 386 g/mol. The molecule has 1 saturated carbocycles. The zero-order valence-corrected chi connectivity index (χ0v) is 15.8. The van der Waals surface area contributed by atoms with Crippen LogP contribution < -0.4 is 0 Å². The molecule has 2 aliphatic rings. The fourth-order valence-electron chi connectivity index (χ4n) is 3.76. The third-order valence-corrected chi connectivity index (χ3v) is 5.80. The van der Waals surface area contributed by atoms with E-state index in [2.05, 4.69) is 0 Å². The van der Waals surface area contributed by atoms with E-state index in [0.29, 0.717) is 31.2 Å². The average Bonchev–Trinajstić information content (AvgIpc) is 3.50. The van der Waals surface area contributed by atoms with Crippen LogP contribution in [0.1, 0.15) is 28.3 Å². The standard InChI is InChI=1S/C21H19ClF2N2O2/c22-17-4-2-1-3-14(17)15-12-16(15)21(28)26-9-7-25(8-10-26)20(27)13-5-6-18(23)19(24)11-13/h1-6,11,15-16H,7-10,12H2/t15-,16-/m0/s1. The van der Waals surface area contributed by atoms with Gasteiger partial charge in [-0.25, -0.2) is 8.78 Å². The molecule has 2 amide bonds. The van der Waals surface area contributed by atoms with Gasteiger partial charge in [0.1, 0.15) is 0 Å². The normalized spacial score (nSPS) is 21.5. The molecule has 2 aromatic carbocycles. The van der Waals surface area contributed by atoms with Gasteiger partial charge in [0.25, 0.3) is 5.91 Å². The van der Waals surface area contributed by atoms with E-state index in [1.165, 1.54) is 6.07 Å². The summed E-state index contributed by atoms with van der Waals surface area (Å²) in [4.78, 5) is 28.6. The smallest absolute Gasteiger partial charge is 0.254 e. The second kappa shape index (κ2) is 7.51. The molecule has 2 atom stereocenters. The van der Waals surface area contributed by atoms with Crippen molar-refractivity contribution in [2.75, 3.05) is 26.2 Å². The molecule has 4 nitrogen and oxygen atoms in total. The first kappa shape index (κ1) is 18.9. The predicted molar refractivity (Wildman–Crippen MR) is 101 cm³/mol. The van der Waals surface area contributed by atoms with Crippen LogP contribution in [-0.4, -0.2) is 47.8 Å². The number of piperazine rings is 1. The Balaban J connectivity index is 1.34. The lowest BCUT2D eigenvalue weighted by atomic mass is 10.1. The molecule has 1 aliphatic carbocycles. The zero-order chi connectivity index (χ0) is 19.8. The Morgan fingerprint density at radius 3 is 2.29 bits per heavy atom. The quantitative estimate of drug-likeness (QED) is 0.782. The molecule has 2 aromatic rings. The fraction of sp³-hybridized carbons (Fsp3) is 0.333. The second-order valence-electron chi connectivity index (χ2n) is 7.22. The highest BCUT2D eigenvalue weighted by Gasteiger charge is 2.46. The molecule has 1 heterocycles. The SMILES string of the molecule is O=C(c1ccc(F)c(F)c1)N1CCN(C(=O)[C@H]2C[C@H]2c2ccccc2Cl)CC1. The molecule has 1 saturated heterocycles. The van der Waals surface area contributed by atoms with E-state index in [0.717, 1.165) is 24.1 Å². The molecule has 7 heteroatoms. The van der Waals surface area contributed by atoms with Crippen molar-refractivity contribution in [1.82, 2.24) is 9.80 Å². The molecule has 0 unspecified atom stereocenters. The number of amides is 2. The fourth-order valence-corrected chi connectivity index (χ4v) is 4.04. The van der Waals surface area contributed by atoms with Crippen LogP contribution in [0, 0.1) is 17.6 Å². The van der Waals surface area contributed by atoms with Gasteiger partial charge < -0.3 is 9.80 Å². The van der Waals surface area contributed by atoms with Gasteiger partial charge in [-0.15, -0.1) is 0 Å². The van der Waals surface area contributed by atoms with Gasteiger partial charge in [0.15, 0.2) is 11.6 Å². The van der Waals surface area contributed by atoms with Crippen molar-refractivity contribution in [2.45, 2.75) is 12.3 Å². The van der Waals surface area contributed by atoms with Gasteiger partial charge in [-0.1, -0.05) is 29.8 Å². The van der Waals surface area contributed by atoms with Gasteiger partial charge in [-0.05, 0) is 42.2 Å². The lowest BCUT2D eigenvalue weighted by Gasteiger charge is -2.35. The molecule has 4 rings (SSSR count). The third-order valence-electron chi connectivity index (χ3n) is 5.46. The van der Waals surface area contributed by atoms with E-state index in [1.54, 1.807) is 9.80 Å². The molecule has 0 aromatic heterocycles. The summed E-state index contributed by atoms with van der Waals surface area (Å²) in [5, 5.41) is 0.685. The number of carbonyl (C=O) groups excluding carboxylic acids is 2. The lowest BCUT2D eigenvalue weighted by Crippen LogP contribution is -2.51. The van der Waals surface area contributed by atoms with Crippen LogP contribution >= 0.6 is 11.6 Å². The predicted octanol–water partition coefficient (Wildman–Crippen LogP) is 3.71. The molecule has 28 heavy (non-hydrogen) atoms. The summed E-state index contributed by atoms with van der Waals surface area (Å²) in [7, 11) is 0. The average molecular weight is 405 g/mol. The summed E-state index contributed by atoms with van der Waals surface area (Å²) >= 11 is 6.23. The third kappa shape index (κ3) is 3.61. The Morgan fingerprint density at radius 1 is 0.929 bits per heavy atom. The minimum atomic E-state index is -1.04. The minimum Gasteiger partial charge on any atom is -0.339 e.